The number of amides is 1. The van der Waals surface area contributed by atoms with Gasteiger partial charge in [-0.3, -0.25) is 4.79 Å². The number of hydrogen-bond donors (Lipinski definition) is 1. The maximum absolute atomic E-state index is 13.1. The zero-order valence-electron chi connectivity index (χ0n) is 15.0. The molecule has 0 aliphatic carbocycles. The van der Waals surface area contributed by atoms with Crippen LogP contribution in [0.5, 0.6) is 0 Å². The number of thioether (sulfide) groups is 1. The van der Waals surface area contributed by atoms with E-state index in [0.29, 0.717) is 23.2 Å². The molecule has 0 bridgehead atoms. The third kappa shape index (κ3) is 3.78. The second-order valence-corrected chi connectivity index (χ2v) is 8.09. The monoisotopic (exact) mass is 372 g/mol. The lowest BCUT2D eigenvalue weighted by Crippen LogP contribution is -2.33. The Labute approximate surface area is 157 Å². The van der Waals surface area contributed by atoms with E-state index in [0.717, 1.165) is 55.5 Å². The van der Waals surface area contributed by atoms with Crippen molar-refractivity contribution in [3.05, 3.63) is 41.4 Å². The molecule has 2 aromatic rings. The number of rotatable bonds is 4. The van der Waals surface area contributed by atoms with E-state index in [2.05, 4.69) is 15.5 Å². The first-order chi connectivity index (χ1) is 12.7. The molecule has 4 heterocycles. The first-order valence-corrected chi connectivity index (χ1v) is 10.2. The highest BCUT2D eigenvalue weighted by Gasteiger charge is 2.32. The van der Waals surface area contributed by atoms with Crippen LogP contribution in [-0.2, 0) is 5.75 Å². The zero-order valence-corrected chi connectivity index (χ0v) is 15.8. The third-order valence-corrected chi connectivity index (χ3v) is 6.38. The smallest absolute Gasteiger partial charge is 0.256 e. The van der Waals surface area contributed by atoms with E-state index < -0.39 is 0 Å². The van der Waals surface area contributed by atoms with Gasteiger partial charge in [0.2, 0.25) is 0 Å². The lowest BCUT2D eigenvalue weighted by atomic mass is 9.92. The first-order valence-electron chi connectivity index (χ1n) is 9.20. The second kappa shape index (κ2) is 7.80. The van der Waals surface area contributed by atoms with Crippen molar-refractivity contribution in [1.29, 1.82) is 0 Å². The predicted molar refractivity (Wildman–Crippen MR) is 100 cm³/mol. The first kappa shape index (κ1) is 17.5. The molecule has 2 atom stereocenters. The molecule has 26 heavy (non-hydrogen) atoms. The number of likely N-dealkylation sites (tertiary alicyclic amines) is 1. The Morgan fingerprint density at radius 2 is 2.12 bits per heavy atom. The molecule has 0 spiro atoms. The Bertz CT molecular complexity index is 764. The van der Waals surface area contributed by atoms with Gasteiger partial charge in [-0.1, -0.05) is 16.9 Å². The second-order valence-electron chi connectivity index (χ2n) is 7.12. The molecular weight excluding hydrogens is 348 g/mol. The maximum Gasteiger partial charge on any atom is 0.256 e. The lowest BCUT2D eigenvalue weighted by Gasteiger charge is -2.22. The Kier molecular flexibility index (Phi) is 5.26. The highest BCUT2D eigenvalue weighted by Crippen LogP contribution is 2.29. The quantitative estimate of drug-likeness (QED) is 0.832. The van der Waals surface area contributed by atoms with Crippen LogP contribution < -0.4 is 5.32 Å². The summed E-state index contributed by atoms with van der Waals surface area (Å²) in [4.78, 5) is 19.6. The van der Waals surface area contributed by atoms with Crippen molar-refractivity contribution in [3.8, 4) is 0 Å². The van der Waals surface area contributed by atoms with E-state index in [4.69, 9.17) is 4.52 Å². The van der Waals surface area contributed by atoms with Crippen LogP contribution in [0.2, 0.25) is 0 Å². The summed E-state index contributed by atoms with van der Waals surface area (Å²) < 4.78 is 5.11. The number of carbonyl (C=O) groups is 1. The summed E-state index contributed by atoms with van der Waals surface area (Å²) in [5.41, 5.74) is 1.56. The molecule has 2 fully saturated rings. The number of fused-ring (bicyclic) bond motifs is 1. The number of aromatic nitrogens is 2. The molecule has 4 rings (SSSR count). The van der Waals surface area contributed by atoms with Gasteiger partial charge < -0.3 is 14.7 Å². The normalized spacial score (nSPS) is 22.9. The van der Waals surface area contributed by atoms with Crippen LogP contribution in [0.3, 0.4) is 0 Å². The SMILES string of the molecule is Cc1cc(CSc2ncccc2C(=O)N2CC[C@@H]3CNC[C@@H]3CC2)no1. The van der Waals surface area contributed by atoms with Crippen molar-refractivity contribution < 1.29 is 9.32 Å². The maximum atomic E-state index is 13.1. The topological polar surface area (TPSA) is 71.3 Å². The standard InChI is InChI=1S/C19H24N4O2S/c1-13-9-16(22-25-13)12-26-18-17(3-2-6-21-18)19(24)23-7-4-14-10-20-11-15(14)5-8-23/h2-3,6,9,14-15,20H,4-5,7-8,10-12H2,1H3/t14-,15+. The highest BCUT2D eigenvalue weighted by molar-refractivity contribution is 7.98. The molecule has 1 amide bonds. The Morgan fingerprint density at radius 3 is 2.81 bits per heavy atom. The van der Waals surface area contributed by atoms with E-state index in [1.807, 2.05) is 30.0 Å². The van der Waals surface area contributed by atoms with Gasteiger partial charge in [-0.05, 0) is 56.8 Å². The minimum atomic E-state index is 0.102. The molecule has 138 valence electrons. The molecule has 2 aliphatic heterocycles. The fraction of sp³-hybridized carbons (Fsp3) is 0.526. The summed E-state index contributed by atoms with van der Waals surface area (Å²) in [7, 11) is 0. The summed E-state index contributed by atoms with van der Waals surface area (Å²) >= 11 is 1.54. The van der Waals surface area contributed by atoms with Gasteiger partial charge in [0.15, 0.2) is 0 Å². The lowest BCUT2D eigenvalue weighted by molar-refractivity contribution is 0.0754. The number of carbonyl (C=O) groups excluding carboxylic acids is 1. The van der Waals surface area contributed by atoms with Gasteiger partial charge in [0, 0.05) is 31.1 Å². The molecule has 0 unspecified atom stereocenters. The molecule has 0 aromatic carbocycles. The number of aryl methyl sites for hydroxylation is 1. The fourth-order valence-electron chi connectivity index (χ4n) is 3.89. The van der Waals surface area contributed by atoms with Crippen LogP contribution in [0.15, 0.2) is 33.9 Å². The van der Waals surface area contributed by atoms with E-state index in [-0.39, 0.29) is 5.91 Å². The van der Waals surface area contributed by atoms with Gasteiger partial charge in [-0.2, -0.15) is 0 Å². The van der Waals surface area contributed by atoms with Gasteiger partial charge in [-0.25, -0.2) is 4.98 Å². The van der Waals surface area contributed by atoms with E-state index in [9.17, 15) is 4.79 Å². The van der Waals surface area contributed by atoms with E-state index in [1.54, 1.807) is 6.20 Å². The van der Waals surface area contributed by atoms with Crippen LogP contribution in [0.4, 0.5) is 0 Å². The summed E-state index contributed by atoms with van der Waals surface area (Å²) in [5, 5.41) is 8.26. The third-order valence-electron chi connectivity index (χ3n) is 5.34. The van der Waals surface area contributed by atoms with Crippen molar-refractivity contribution >= 4 is 17.7 Å². The summed E-state index contributed by atoms with van der Waals surface area (Å²) in [5.74, 6) is 2.97. The summed E-state index contributed by atoms with van der Waals surface area (Å²) in [6.45, 7) is 5.74. The van der Waals surface area contributed by atoms with Gasteiger partial charge in [-0.15, -0.1) is 0 Å². The molecule has 0 radical (unpaired) electrons. The van der Waals surface area contributed by atoms with Crippen molar-refractivity contribution in [2.75, 3.05) is 26.2 Å². The van der Waals surface area contributed by atoms with Crippen molar-refractivity contribution in [2.45, 2.75) is 30.5 Å². The van der Waals surface area contributed by atoms with Gasteiger partial charge in [0.25, 0.3) is 5.91 Å². The Morgan fingerprint density at radius 1 is 1.35 bits per heavy atom. The minimum absolute atomic E-state index is 0.102. The average molecular weight is 372 g/mol. The predicted octanol–water partition coefficient (Wildman–Crippen LogP) is 2.74. The van der Waals surface area contributed by atoms with Gasteiger partial charge in [0.05, 0.1) is 11.3 Å². The molecule has 7 heteroatoms. The largest absolute Gasteiger partial charge is 0.361 e. The van der Waals surface area contributed by atoms with E-state index in [1.165, 1.54) is 11.8 Å². The van der Waals surface area contributed by atoms with Crippen molar-refractivity contribution in [1.82, 2.24) is 20.4 Å². The summed E-state index contributed by atoms with van der Waals surface area (Å²) in [6.07, 6.45) is 3.92. The van der Waals surface area contributed by atoms with Crippen molar-refractivity contribution in [3.63, 3.8) is 0 Å². The molecule has 1 N–H and O–H groups in total. The molecule has 2 aromatic heterocycles. The fourth-order valence-corrected chi connectivity index (χ4v) is 4.76. The molecular formula is C19H24N4O2S. The van der Waals surface area contributed by atoms with Crippen molar-refractivity contribution in [2.24, 2.45) is 11.8 Å². The van der Waals surface area contributed by atoms with E-state index >= 15 is 0 Å². The van der Waals surface area contributed by atoms with Crippen LogP contribution in [0.25, 0.3) is 0 Å². The molecule has 6 nitrogen and oxygen atoms in total. The Balaban J connectivity index is 1.45. The van der Waals surface area contributed by atoms with Crippen LogP contribution >= 0.6 is 11.8 Å². The van der Waals surface area contributed by atoms with Gasteiger partial charge in [0.1, 0.15) is 10.8 Å². The molecule has 0 saturated carbocycles. The van der Waals surface area contributed by atoms with Crippen LogP contribution in [-0.4, -0.2) is 47.1 Å². The number of nitrogens with one attached hydrogen (secondary N) is 1. The number of nitrogens with zero attached hydrogens (tertiary/aromatic N) is 3. The van der Waals surface area contributed by atoms with Crippen LogP contribution in [0.1, 0.15) is 34.7 Å². The zero-order chi connectivity index (χ0) is 17.9. The average Bonchev–Trinajstić information content (AvgIpc) is 3.24. The number of hydrogen-bond acceptors (Lipinski definition) is 6. The minimum Gasteiger partial charge on any atom is -0.361 e. The highest BCUT2D eigenvalue weighted by atomic mass is 32.2. The molecule has 2 aliphatic rings. The Hall–Kier alpha value is -1.86. The van der Waals surface area contributed by atoms with Crippen LogP contribution in [0, 0.1) is 18.8 Å². The molecule has 2 saturated heterocycles. The summed E-state index contributed by atoms with van der Waals surface area (Å²) in [6, 6.07) is 5.64. The van der Waals surface area contributed by atoms with Gasteiger partial charge >= 0.3 is 0 Å². The number of pyridine rings is 1.